The van der Waals surface area contributed by atoms with Crippen molar-refractivity contribution in [1.82, 2.24) is 4.98 Å². The van der Waals surface area contributed by atoms with Gasteiger partial charge in [-0.2, -0.15) is 0 Å². The van der Waals surface area contributed by atoms with Crippen molar-refractivity contribution in [3.63, 3.8) is 0 Å². The number of pyridine rings is 1. The lowest BCUT2D eigenvalue weighted by Gasteiger charge is -2.09. The van der Waals surface area contributed by atoms with Crippen LogP contribution in [-0.4, -0.2) is 9.91 Å². The van der Waals surface area contributed by atoms with Gasteiger partial charge in [-0.05, 0) is 56.5 Å². The molecule has 0 aliphatic carbocycles. The topological polar surface area (TPSA) is 68.1 Å². The molecule has 0 saturated carbocycles. The van der Waals surface area contributed by atoms with E-state index in [0.717, 1.165) is 20.2 Å². The molecule has 2 aromatic rings. The molecule has 104 valence electrons. The Balaban J connectivity index is 2.22. The molecule has 0 radical (unpaired) electrons. The first-order valence-electron chi connectivity index (χ1n) is 5.76. The number of hydrogen-bond acceptors (Lipinski definition) is 4. The van der Waals surface area contributed by atoms with Crippen LogP contribution in [0.5, 0.6) is 0 Å². The van der Waals surface area contributed by atoms with E-state index in [0.29, 0.717) is 12.2 Å². The van der Waals surface area contributed by atoms with Gasteiger partial charge in [0.2, 0.25) is 0 Å². The van der Waals surface area contributed by atoms with Gasteiger partial charge >= 0.3 is 0 Å². The number of nitrogens with zero attached hydrogens (tertiary/aromatic N) is 2. The fourth-order valence-electron chi connectivity index (χ4n) is 1.70. The van der Waals surface area contributed by atoms with Gasteiger partial charge in [0, 0.05) is 21.2 Å². The zero-order valence-corrected chi connectivity index (χ0v) is 13.7. The molecule has 1 aromatic heterocycles. The van der Waals surface area contributed by atoms with Crippen LogP contribution in [0.3, 0.4) is 0 Å². The summed E-state index contributed by atoms with van der Waals surface area (Å²) in [5, 5.41) is 14.1. The van der Waals surface area contributed by atoms with Crippen molar-refractivity contribution in [3.8, 4) is 0 Å². The summed E-state index contributed by atoms with van der Waals surface area (Å²) in [6.07, 6.45) is 1.69. The number of aromatic nitrogens is 1. The zero-order chi connectivity index (χ0) is 14.7. The van der Waals surface area contributed by atoms with E-state index in [4.69, 9.17) is 0 Å². The highest BCUT2D eigenvalue weighted by Crippen LogP contribution is 2.27. The Bertz CT molecular complexity index is 662. The molecule has 0 aliphatic heterocycles. The van der Waals surface area contributed by atoms with Gasteiger partial charge in [-0.3, -0.25) is 15.1 Å². The maximum Gasteiger partial charge on any atom is 0.292 e. The smallest absolute Gasteiger partial charge is 0.292 e. The minimum atomic E-state index is -0.397. The van der Waals surface area contributed by atoms with Crippen molar-refractivity contribution in [2.45, 2.75) is 13.5 Å². The van der Waals surface area contributed by atoms with Crippen LogP contribution in [-0.2, 0) is 6.54 Å². The lowest BCUT2D eigenvalue weighted by atomic mass is 10.2. The van der Waals surface area contributed by atoms with Crippen LogP contribution in [0.1, 0.15) is 11.3 Å². The lowest BCUT2D eigenvalue weighted by molar-refractivity contribution is -0.384. The molecule has 2 rings (SSSR count). The molecule has 20 heavy (non-hydrogen) atoms. The van der Waals surface area contributed by atoms with E-state index in [1.165, 1.54) is 6.07 Å². The van der Waals surface area contributed by atoms with Crippen molar-refractivity contribution < 1.29 is 4.92 Å². The van der Waals surface area contributed by atoms with E-state index in [2.05, 4.69) is 42.2 Å². The number of nitrogens with one attached hydrogen (secondary N) is 1. The van der Waals surface area contributed by atoms with Crippen molar-refractivity contribution in [2.75, 3.05) is 5.32 Å². The van der Waals surface area contributed by atoms with Gasteiger partial charge in [0.05, 0.1) is 17.2 Å². The molecular formula is C13H11Br2N3O2. The third kappa shape index (κ3) is 3.55. The summed E-state index contributed by atoms with van der Waals surface area (Å²) in [6.45, 7) is 2.29. The Morgan fingerprint density at radius 3 is 2.75 bits per heavy atom. The predicted molar refractivity (Wildman–Crippen MR) is 84.8 cm³/mol. The highest BCUT2D eigenvalue weighted by molar-refractivity contribution is 9.11. The van der Waals surface area contributed by atoms with Crippen LogP contribution in [0.15, 0.2) is 39.4 Å². The Morgan fingerprint density at radius 2 is 2.10 bits per heavy atom. The molecule has 0 amide bonds. The van der Waals surface area contributed by atoms with Gasteiger partial charge in [0.25, 0.3) is 5.69 Å². The number of benzene rings is 1. The molecule has 1 N–H and O–H groups in total. The fourth-order valence-corrected chi connectivity index (χ4v) is 2.83. The van der Waals surface area contributed by atoms with Crippen LogP contribution < -0.4 is 5.32 Å². The molecule has 0 bridgehead atoms. The largest absolute Gasteiger partial charge is 0.374 e. The number of halogens is 2. The van der Waals surface area contributed by atoms with E-state index >= 15 is 0 Å². The molecule has 0 fully saturated rings. The van der Waals surface area contributed by atoms with Crippen LogP contribution >= 0.6 is 31.9 Å². The number of nitro groups is 1. The first kappa shape index (κ1) is 14.9. The second-order valence-corrected chi connectivity index (χ2v) is 5.98. The van der Waals surface area contributed by atoms with Crippen LogP contribution in [0.4, 0.5) is 11.4 Å². The second kappa shape index (κ2) is 6.32. The number of rotatable bonds is 4. The summed E-state index contributed by atoms with van der Waals surface area (Å²) in [4.78, 5) is 14.9. The Morgan fingerprint density at radius 1 is 1.35 bits per heavy atom. The van der Waals surface area contributed by atoms with Crippen molar-refractivity contribution in [2.24, 2.45) is 0 Å². The molecule has 0 aliphatic rings. The Labute approximate surface area is 132 Å². The van der Waals surface area contributed by atoms with Crippen LogP contribution in [0, 0.1) is 17.0 Å². The predicted octanol–water partition coefficient (Wildman–Crippen LogP) is 4.44. The number of aryl methyl sites for hydroxylation is 1. The highest BCUT2D eigenvalue weighted by Gasteiger charge is 2.13. The highest BCUT2D eigenvalue weighted by atomic mass is 79.9. The molecule has 1 aromatic carbocycles. The third-order valence-electron chi connectivity index (χ3n) is 2.68. The zero-order valence-electron chi connectivity index (χ0n) is 10.6. The summed E-state index contributed by atoms with van der Waals surface area (Å²) in [5.74, 6) is 0. The molecule has 0 atom stereocenters. The number of hydrogen-bond donors (Lipinski definition) is 1. The van der Waals surface area contributed by atoms with Crippen molar-refractivity contribution in [3.05, 3.63) is 60.8 Å². The monoisotopic (exact) mass is 399 g/mol. The third-order valence-corrected chi connectivity index (χ3v) is 3.80. The molecular weight excluding hydrogens is 390 g/mol. The molecule has 7 heteroatoms. The van der Waals surface area contributed by atoms with E-state index in [1.807, 2.05) is 13.0 Å². The van der Waals surface area contributed by atoms with E-state index in [9.17, 15) is 10.1 Å². The van der Waals surface area contributed by atoms with Gasteiger partial charge in [0.15, 0.2) is 0 Å². The van der Waals surface area contributed by atoms with Gasteiger partial charge < -0.3 is 5.32 Å². The minimum absolute atomic E-state index is 0.0591. The minimum Gasteiger partial charge on any atom is -0.374 e. The molecule has 0 unspecified atom stereocenters. The van der Waals surface area contributed by atoms with Gasteiger partial charge in [-0.15, -0.1) is 0 Å². The molecule has 1 heterocycles. The van der Waals surface area contributed by atoms with Gasteiger partial charge in [-0.25, -0.2) is 0 Å². The number of nitro benzene ring substituents is 1. The van der Waals surface area contributed by atoms with E-state index in [-0.39, 0.29) is 5.69 Å². The summed E-state index contributed by atoms with van der Waals surface area (Å²) in [5.41, 5.74) is 2.29. The Kier molecular flexibility index (Phi) is 4.72. The second-order valence-electron chi connectivity index (χ2n) is 4.21. The van der Waals surface area contributed by atoms with Gasteiger partial charge in [-0.1, -0.05) is 6.07 Å². The maximum absolute atomic E-state index is 11.0. The van der Waals surface area contributed by atoms with Gasteiger partial charge in [0.1, 0.15) is 5.69 Å². The van der Waals surface area contributed by atoms with Crippen molar-refractivity contribution >= 4 is 43.2 Å². The quantitative estimate of drug-likeness (QED) is 0.608. The summed E-state index contributed by atoms with van der Waals surface area (Å²) in [6, 6.07) is 6.86. The average Bonchev–Trinajstić information content (AvgIpc) is 2.37. The Hall–Kier alpha value is -1.47. The first-order valence-corrected chi connectivity index (χ1v) is 7.35. The van der Waals surface area contributed by atoms with E-state index < -0.39 is 4.92 Å². The fraction of sp³-hybridized carbons (Fsp3) is 0.154. The molecule has 0 saturated heterocycles. The summed E-state index contributed by atoms with van der Waals surface area (Å²) >= 11 is 6.75. The SMILES string of the molecule is Cc1ccc([N+](=O)[O-])c(NCc2ncc(Br)cc2Br)c1. The van der Waals surface area contributed by atoms with Crippen molar-refractivity contribution in [1.29, 1.82) is 0 Å². The van der Waals surface area contributed by atoms with Crippen LogP contribution in [0.2, 0.25) is 0 Å². The first-order chi connectivity index (χ1) is 9.47. The molecule has 5 nitrogen and oxygen atoms in total. The standard InChI is InChI=1S/C13H11Br2N3O2/c1-8-2-3-13(18(19)20)11(4-8)17-7-12-10(15)5-9(14)6-16-12/h2-6,17H,7H2,1H3. The normalized spacial score (nSPS) is 10.3. The average molecular weight is 401 g/mol. The van der Waals surface area contributed by atoms with E-state index in [1.54, 1.807) is 18.3 Å². The maximum atomic E-state index is 11.0. The summed E-state index contributed by atoms with van der Waals surface area (Å²) < 4.78 is 1.71. The lowest BCUT2D eigenvalue weighted by Crippen LogP contribution is -2.05. The number of anilines is 1. The summed E-state index contributed by atoms with van der Waals surface area (Å²) in [7, 11) is 0. The van der Waals surface area contributed by atoms with Crippen LogP contribution in [0.25, 0.3) is 0 Å². The molecule has 0 spiro atoms.